The zero-order valence-electron chi connectivity index (χ0n) is 9.68. The molecule has 0 bridgehead atoms. The molecule has 0 unspecified atom stereocenters. The van der Waals surface area contributed by atoms with Gasteiger partial charge in [0.05, 0.1) is 5.69 Å². The number of oxazole rings is 1. The maximum Gasteiger partial charge on any atom is 0.294 e. The van der Waals surface area contributed by atoms with Crippen molar-refractivity contribution in [2.45, 2.75) is 19.8 Å². The number of carbonyl (C=O) groups excluding carboxylic acids is 1. The van der Waals surface area contributed by atoms with Crippen LogP contribution in [0, 0.1) is 0 Å². The van der Waals surface area contributed by atoms with Gasteiger partial charge in [-0.05, 0) is 18.1 Å². The predicted molar refractivity (Wildman–Crippen MR) is 62.8 cm³/mol. The van der Waals surface area contributed by atoms with Crippen LogP contribution in [0.4, 0.5) is 5.82 Å². The number of hydrogen-bond donors (Lipinski definition) is 1. The van der Waals surface area contributed by atoms with Crippen LogP contribution in [0.5, 0.6) is 0 Å². The normalized spacial score (nSPS) is 10.5. The Balaban J connectivity index is 2.18. The van der Waals surface area contributed by atoms with Crippen molar-refractivity contribution < 1.29 is 9.21 Å². The Morgan fingerprint density at radius 2 is 2.18 bits per heavy atom. The van der Waals surface area contributed by atoms with Crippen LogP contribution in [0.25, 0.3) is 0 Å². The maximum absolute atomic E-state index is 11.9. The fraction of sp³-hybridized carbons (Fsp3) is 0.250. The van der Waals surface area contributed by atoms with Crippen molar-refractivity contribution in [3.8, 4) is 0 Å². The van der Waals surface area contributed by atoms with Crippen LogP contribution >= 0.6 is 0 Å². The summed E-state index contributed by atoms with van der Waals surface area (Å²) >= 11 is 0. The van der Waals surface area contributed by atoms with Gasteiger partial charge in [-0.2, -0.15) is 0 Å². The monoisotopic (exact) mass is 231 g/mol. The predicted octanol–water partition coefficient (Wildman–Crippen LogP) is 2.45. The highest BCUT2D eigenvalue weighted by molar-refractivity contribution is 6.02. The minimum atomic E-state index is -0.329. The highest BCUT2D eigenvalue weighted by Crippen LogP contribution is 2.18. The molecule has 5 nitrogen and oxygen atoms in total. The third-order valence-electron chi connectivity index (χ3n) is 2.25. The second-order valence-corrected chi connectivity index (χ2v) is 3.89. The Kier molecular flexibility index (Phi) is 3.18. The summed E-state index contributed by atoms with van der Waals surface area (Å²) in [6, 6.07) is 5.29. The molecule has 0 saturated carbocycles. The lowest BCUT2D eigenvalue weighted by atomic mass is 10.1. The van der Waals surface area contributed by atoms with Crippen LogP contribution < -0.4 is 5.32 Å². The van der Waals surface area contributed by atoms with E-state index in [1.807, 2.05) is 13.8 Å². The Hall–Kier alpha value is -2.17. The van der Waals surface area contributed by atoms with E-state index in [0.717, 1.165) is 0 Å². The van der Waals surface area contributed by atoms with Crippen LogP contribution in [0.15, 0.2) is 35.2 Å². The van der Waals surface area contributed by atoms with Crippen molar-refractivity contribution in [1.29, 1.82) is 0 Å². The third-order valence-corrected chi connectivity index (χ3v) is 2.25. The SMILES string of the molecule is CC(C)c1ncoc1C(=O)Nc1ccccn1. The number of anilines is 1. The summed E-state index contributed by atoms with van der Waals surface area (Å²) in [6.45, 7) is 3.91. The van der Waals surface area contributed by atoms with Gasteiger partial charge in [-0.1, -0.05) is 19.9 Å². The molecule has 0 atom stereocenters. The molecule has 0 aliphatic carbocycles. The highest BCUT2D eigenvalue weighted by atomic mass is 16.3. The van der Waals surface area contributed by atoms with Gasteiger partial charge in [-0.25, -0.2) is 9.97 Å². The van der Waals surface area contributed by atoms with E-state index in [1.54, 1.807) is 24.4 Å². The van der Waals surface area contributed by atoms with Crippen LogP contribution in [0.2, 0.25) is 0 Å². The molecule has 88 valence electrons. The van der Waals surface area contributed by atoms with Crippen molar-refractivity contribution in [2.24, 2.45) is 0 Å². The summed E-state index contributed by atoms with van der Waals surface area (Å²) in [7, 11) is 0. The molecule has 1 N–H and O–H groups in total. The zero-order valence-corrected chi connectivity index (χ0v) is 9.68. The topological polar surface area (TPSA) is 68.0 Å². The van der Waals surface area contributed by atoms with E-state index in [1.165, 1.54) is 6.39 Å². The lowest BCUT2D eigenvalue weighted by Gasteiger charge is -2.04. The third kappa shape index (κ3) is 2.50. The Bertz CT molecular complexity index is 505. The minimum Gasteiger partial charge on any atom is -0.438 e. The maximum atomic E-state index is 11.9. The molecule has 0 aliphatic rings. The molecule has 17 heavy (non-hydrogen) atoms. The van der Waals surface area contributed by atoms with E-state index in [9.17, 15) is 4.79 Å². The lowest BCUT2D eigenvalue weighted by Crippen LogP contribution is -2.14. The molecule has 0 saturated heterocycles. The summed E-state index contributed by atoms with van der Waals surface area (Å²) in [5.41, 5.74) is 0.651. The number of rotatable bonds is 3. The first kappa shape index (κ1) is 11.3. The number of carbonyl (C=O) groups is 1. The van der Waals surface area contributed by atoms with E-state index in [0.29, 0.717) is 11.5 Å². The minimum absolute atomic E-state index is 0.137. The van der Waals surface area contributed by atoms with Gasteiger partial charge in [0.2, 0.25) is 5.76 Å². The summed E-state index contributed by atoms with van der Waals surface area (Å²) < 4.78 is 5.11. The molecule has 0 spiro atoms. The second kappa shape index (κ2) is 4.78. The van der Waals surface area contributed by atoms with Gasteiger partial charge < -0.3 is 9.73 Å². The molecular weight excluding hydrogens is 218 g/mol. The lowest BCUT2D eigenvalue weighted by molar-refractivity contribution is 0.0994. The van der Waals surface area contributed by atoms with Gasteiger partial charge in [0.15, 0.2) is 6.39 Å². The van der Waals surface area contributed by atoms with Gasteiger partial charge in [0.25, 0.3) is 5.91 Å². The molecule has 2 aromatic heterocycles. The second-order valence-electron chi connectivity index (χ2n) is 3.89. The summed E-state index contributed by atoms with van der Waals surface area (Å²) in [4.78, 5) is 20.0. The van der Waals surface area contributed by atoms with Crippen molar-refractivity contribution in [3.63, 3.8) is 0 Å². The largest absolute Gasteiger partial charge is 0.438 e. The molecule has 5 heteroatoms. The van der Waals surface area contributed by atoms with Gasteiger partial charge in [0.1, 0.15) is 5.82 Å². The van der Waals surface area contributed by atoms with Crippen LogP contribution in [-0.2, 0) is 0 Å². The Morgan fingerprint density at radius 1 is 1.35 bits per heavy atom. The molecule has 1 amide bonds. The number of nitrogens with one attached hydrogen (secondary N) is 1. The van der Waals surface area contributed by atoms with E-state index >= 15 is 0 Å². The fourth-order valence-corrected chi connectivity index (χ4v) is 1.45. The average Bonchev–Trinajstić information content (AvgIpc) is 2.79. The molecule has 0 radical (unpaired) electrons. The Morgan fingerprint density at radius 3 is 2.82 bits per heavy atom. The molecule has 0 fully saturated rings. The number of amides is 1. The standard InChI is InChI=1S/C12H13N3O2/c1-8(2)10-11(17-7-14-10)12(16)15-9-5-3-4-6-13-9/h3-8H,1-2H3,(H,13,15,16). The van der Waals surface area contributed by atoms with Crippen molar-refractivity contribution >= 4 is 11.7 Å². The zero-order chi connectivity index (χ0) is 12.3. The number of nitrogens with zero attached hydrogens (tertiary/aromatic N) is 2. The molecule has 2 aromatic rings. The van der Waals surface area contributed by atoms with Gasteiger partial charge in [-0.15, -0.1) is 0 Å². The van der Waals surface area contributed by atoms with Crippen LogP contribution in [-0.4, -0.2) is 15.9 Å². The van der Waals surface area contributed by atoms with Crippen molar-refractivity contribution in [2.75, 3.05) is 5.32 Å². The molecule has 0 aliphatic heterocycles. The number of pyridine rings is 1. The van der Waals surface area contributed by atoms with E-state index in [2.05, 4.69) is 15.3 Å². The van der Waals surface area contributed by atoms with Gasteiger partial charge >= 0.3 is 0 Å². The summed E-state index contributed by atoms with van der Waals surface area (Å²) in [6.07, 6.45) is 2.89. The van der Waals surface area contributed by atoms with E-state index in [4.69, 9.17) is 4.42 Å². The van der Waals surface area contributed by atoms with Gasteiger partial charge in [0, 0.05) is 6.20 Å². The smallest absolute Gasteiger partial charge is 0.294 e. The van der Waals surface area contributed by atoms with E-state index < -0.39 is 0 Å². The van der Waals surface area contributed by atoms with Gasteiger partial charge in [-0.3, -0.25) is 4.79 Å². The quantitative estimate of drug-likeness (QED) is 0.880. The first-order chi connectivity index (χ1) is 8.18. The molecule has 2 rings (SSSR count). The Labute approximate surface area is 98.9 Å². The number of aromatic nitrogens is 2. The first-order valence-corrected chi connectivity index (χ1v) is 5.34. The van der Waals surface area contributed by atoms with Crippen LogP contribution in [0.1, 0.15) is 36.0 Å². The average molecular weight is 231 g/mol. The fourth-order valence-electron chi connectivity index (χ4n) is 1.45. The number of hydrogen-bond acceptors (Lipinski definition) is 4. The summed E-state index contributed by atoms with van der Waals surface area (Å²) in [5.74, 6) is 0.539. The van der Waals surface area contributed by atoms with E-state index in [-0.39, 0.29) is 17.6 Å². The van der Waals surface area contributed by atoms with Crippen molar-refractivity contribution in [3.05, 3.63) is 42.2 Å². The molecule has 0 aromatic carbocycles. The van der Waals surface area contributed by atoms with Crippen LogP contribution in [0.3, 0.4) is 0 Å². The summed E-state index contributed by atoms with van der Waals surface area (Å²) in [5, 5.41) is 2.66. The highest BCUT2D eigenvalue weighted by Gasteiger charge is 2.19. The first-order valence-electron chi connectivity index (χ1n) is 5.34. The van der Waals surface area contributed by atoms with Crippen molar-refractivity contribution in [1.82, 2.24) is 9.97 Å². The molecule has 2 heterocycles. The molecular formula is C12H13N3O2.